The van der Waals surface area contributed by atoms with E-state index < -0.39 is 0 Å². The number of aromatic nitrogens is 2. The van der Waals surface area contributed by atoms with Gasteiger partial charge < -0.3 is 10.6 Å². The molecular formula is C18H26N4. The lowest BCUT2D eigenvalue weighted by atomic mass is 10.0. The highest BCUT2D eigenvalue weighted by Gasteiger charge is 2.07. The van der Waals surface area contributed by atoms with Gasteiger partial charge in [-0.05, 0) is 36.0 Å². The Kier molecular flexibility index (Phi) is 5.75. The molecule has 2 N–H and O–H groups in total. The molecule has 2 aromatic rings. The van der Waals surface area contributed by atoms with Gasteiger partial charge in [0, 0.05) is 18.4 Å². The molecule has 0 aliphatic carbocycles. The lowest BCUT2D eigenvalue weighted by molar-refractivity contribution is 0.606. The number of hydrogen-bond acceptors (Lipinski definition) is 4. The standard InChI is InChI=1S/C18H26N4/c1-13(2)9-11-19-17-10-12-20-18(22-17)21-16-8-6-5-7-15(16)14(3)4/h5-8,10,12-14H,9,11H2,1-4H3,(H2,19,20,21,22). The van der Waals surface area contributed by atoms with E-state index in [0.29, 0.717) is 17.8 Å². The summed E-state index contributed by atoms with van der Waals surface area (Å²) in [5.74, 6) is 2.63. The van der Waals surface area contributed by atoms with Gasteiger partial charge in [0.1, 0.15) is 5.82 Å². The first-order valence-corrected chi connectivity index (χ1v) is 7.99. The van der Waals surface area contributed by atoms with Crippen LogP contribution in [0.1, 0.15) is 45.6 Å². The SMILES string of the molecule is CC(C)CCNc1ccnc(Nc2ccccc2C(C)C)n1. The summed E-state index contributed by atoms with van der Waals surface area (Å²) < 4.78 is 0. The fourth-order valence-electron chi connectivity index (χ4n) is 2.24. The van der Waals surface area contributed by atoms with Crippen molar-refractivity contribution in [2.45, 2.75) is 40.0 Å². The molecule has 1 heterocycles. The molecule has 0 unspecified atom stereocenters. The number of nitrogens with one attached hydrogen (secondary N) is 2. The van der Waals surface area contributed by atoms with Crippen molar-refractivity contribution in [3.8, 4) is 0 Å². The molecular weight excluding hydrogens is 272 g/mol. The third-order valence-electron chi connectivity index (χ3n) is 3.51. The Morgan fingerprint density at radius 2 is 1.82 bits per heavy atom. The van der Waals surface area contributed by atoms with Crippen molar-refractivity contribution in [1.82, 2.24) is 9.97 Å². The van der Waals surface area contributed by atoms with Gasteiger partial charge in [-0.2, -0.15) is 4.98 Å². The molecule has 0 aliphatic rings. The molecule has 0 saturated heterocycles. The largest absolute Gasteiger partial charge is 0.370 e. The number of para-hydroxylation sites is 1. The van der Waals surface area contributed by atoms with E-state index in [-0.39, 0.29) is 0 Å². The molecule has 22 heavy (non-hydrogen) atoms. The summed E-state index contributed by atoms with van der Waals surface area (Å²) in [5.41, 5.74) is 2.33. The van der Waals surface area contributed by atoms with Gasteiger partial charge in [0.25, 0.3) is 0 Å². The van der Waals surface area contributed by atoms with E-state index in [1.54, 1.807) is 6.20 Å². The second-order valence-corrected chi connectivity index (χ2v) is 6.24. The Labute approximate surface area is 133 Å². The highest BCUT2D eigenvalue weighted by Crippen LogP contribution is 2.25. The molecule has 4 heteroatoms. The Morgan fingerprint density at radius 3 is 2.55 bits per heavy atom. The lowest BCUT2D eigenvalue weighted by Gasteiger charge is -2.14. The minimum absolute atomic E-state index is 0.455. The fourth-order valence-corrected chi connectivity index (χ4v) is 2.24. The average Bonchev–Trinajstić information content (AvgIpc) is 2.47. The van der Waals surface area contributed by atoms with Crippen LogP contribution in [0.4, 0.5) is 17.5 Å². The van der Waals surface area contributed by atoms with Gasteiger partial charge in [-0.25, -0.2) is 4.98 Å². The first kappa shape index (κ1) is 16.3. The van der Waals surface area contributed by atoms with Gasteiger partial charge in [0.05, 0.1) is 0 Å². The molecule has 0 atom stereocenters. The van der Waals surface area contributed by atoms with Crippen LogP contribution in [0.15, 0.2) is 36.5 Å². The Hall–Kier alpha value is -2.10. The first-order valence-electron chi connectivity index (χ1n) is 7.99. The van der Waals surface area contributed by atoms with Crippen LogP contribution in [-0.2, 0) is 0 Å². The second-order valence-electron chi connectivity index (χ2n) is 6.24. The second kappa shape index (κ2) is 7.78. The van der Waals surface area contributed by atoms with Crippen LogP contribution in [0, 0.1) is 5.92 Å². The lowest BCUT2D eigenvalue weighted by Crippen LogP contribution is -2.08. The van der Waals surface area contributed by atoms with Gasteiger partial charge in [-0.1, -0.05) is 45.9 Å². The Bertz CT molecular complexity index is 593. The van der Waals surface area contributed by atoms with Crippen molar-refractivity contribution in [2.75, 3.05) is 17.2 Å². The monoisotopic (exact) mass is 298 g/mol. The molecule has 0 spiro atoms. The maximum absolute atomic E-state index is 4.53. The van der Waals surface area contributed by atoms with Crippen LogP contribution in [0.5, 0.6) is 0 Å². The summed E-state index contributed by atoms with van der Waals surface area (Å²) in [6.07, 6.45) is 2.91. The molecule has 118 valence electrons. The highest BCUT2D eigenvalue weighted by atomic mass is 15.1. The summed E-state index contributed by atoms with van der Waals surface area (Å²) in [5, 5.41) is 6.68. The van der Waals surface area contributed by atoms with Crippen LogP contribution in [0.2, 0.25) is 0 Å². The fraction of sp³-hybridized carbons (Fsp3) is 0.444. The molecule has 0 bridgehead atoms. The third kappa shape index (κ3) is 4.72. The molecule has 0 saturated carbocycles. The van der Waals surface area contributed by atoms with E-state index in [4.69, 9.17) is 0 Å². The summed E-state index contributed by atoms with van der Waals surface area (Å²) in [4.78, 5) is 8.85. The molecule has 0 fully saturated rings. The minimum Gasteiger partial charge on any atom is -0.370 e. The van der Waals surface area contributed by atoms with E-state index >= 15 is 0 Å². The maximum Gasteiger partial charge on any atom is 0.229 e. The van der Waals surface area contributed by atoms with Gasteiger partial charge in [-0.3, -0.25) is 0 Å². The predicted molar refractivity (Wildman–Crippen MR) is 93.8 cm³/mol. The van der Waals surface area contributed by atoms with E-state index in [0.717, 1.165) is 24.5 Å². The van der Waals surface area contributed by atoms with Gasteiger partial charge in [0.2, 0.25) is 5.95 Å². The number of rotatable bonds is 7. The number of hydrogen-bond donors (Lipinski definition) is 2. The van der Waals surface area contributed by atoms with E-state index in [2.05, 4.69) is 66.5 Å². The summed E-state index contributed by atoms with van der Waals surface area (Å²) in [6, 6.07) is 10.2. The normalized spacial score (nSPS) is 11.0. The highest BCUT2D eigenvalue weighted by molar-refractivity contribution is 5.60. The third-order valence-corrected chi connectivity index (χ3v) is 3.51. The summed E-state index contributed by atoms with van der Waals surface area (Å²) >= 11 is 0. The average molecular weight is 298 g/mol. The zero-order chi connectivity index (χ0) is 15.9. The summed E-state index contributed by atoms with van der Waals surface area (Å²) in [7, 11) is 0. The number of anilines is 3. The van der Waals surface area contributed by atoms with E-state index in [1.807, 2.05) is 12.1 Å². The van der Waals surface area contributed by atoms with Crippen molar-refractivity contribution in [3.63, 3.8) is 0 Å². The van der Waals surface area contributed by atoms with Gasteiger partial charge >= 0.3 is 0 Å². The smallest absolute Gasteiger partial charge is 0.229 e. The molecule has 2 rings (SSSR count). The Balaban J connectivity index is 2.07. The molecule has 0 amide bonds. The van der Waals surface area contributed by atoms with Crippen LogP contribution < -0.4 is 10.6 Å². The zero-order valence-electron chi connectivity index (χ0n) is 13.9. The predicted octanol–water partition coefficient (Wildman–Crippen LogP) is 4.80. The minimum atomic E-state index is 0.455. The quantitative estimate of drug-likeness (QED) is 0.770. The molecule has 1 aromatic carbocycles. The topological polar surface area (TPSA) is 49.8 Å². The van der Waals surface area contributed by atoms with Gasteiger partial charge in [-0.15, -0.1) is 0 Å². The van der Waals surface area contributed by atoms with Crippen LogP contribution in [0.25, 0.3) is 0 Å². The van der Waals surface area contributed by atoms with Crippen molar-refractivity contribution >= 4 is 17.5 Å². The van der Waals surface area contributed by atoms with E-state index in [1.165, 1.54) is 5.56 Å². The van der Waals surface area contributed by atoms with Crippen LogP contribution in [-0.4, -0.2) is 16.5 Å². The van der Waals surface area contributed by atoms with Crippen molar-refractivity contribution in [1.29, 1.82) is 0 Å². The Morgan fingerprint density at radius 1 is 1.05 bits per heavy atom. The molecule has 1 aromatic heterocycles. The van der Waals surface area contributed by atoms with Gasteiger partial charge in [0.15, 0.2) is 0 Å². The molecule has 0 aliphatic heterocycles. The van der Waals surface area contributed by atoms with Crippen LogP contribution in [0.3, 0.4) is 0 Å². The number of benzene rings is 1. The first-order chi connectivity index (χ1) is 10.6. The van der Waals surface area contributed by atoms with Crippen molar-refractivity contribution in [2.24, 2.45) is 5.92 Å². The molecule has 4 nitrogen and oxygen atoms in total. The van der Waals surface area contributed by atoms with Crippen molar-refractivity contribution < 1.29 is 0 Å². The van der Waals surface area contributed by atoms with Crippen LogP contribution >= 0.6 is 0 Å². The summed E-state index contributed by atoms with van der Waals surface area (Å²) in [6.45, 7) is 9.74. The zero-order valence-corrected chi connectivity index (χ0v) is 13.9. The molecule has 0 radical (unpaired) electrons. The van der Waals surface area contributed by atoms with Crippen molar-refractivity contribution in [3.05, 3.63) is 42.1 Å². The maximum atomic E-state index is 4.53. The number of nitrogens with zero attached hydrogens (tertiary/aromatic N) is 2. The van der Waals surface area contributed by atoms with E-state index in [9.17, 15) is 0 Å².